The third-order valence-electron chi connectivity index (χ3n) is 8.78. The highest BCUT2D eigenvalue weighted by Gasteiger charge is 2.59. The summed E-state index contributed by atoms with van der Waals surface area (Å²) >= 11 is 0. The van der Waals surface area contributed by atoms with E-state index in [1.807, 2.05) is 0 Å². The van der Waals surface area contributed by atoms with Crippen LogP contribution in [0, 0.1) is 34.5 Å². The molecule has 23 heavy (non-hydrogen) atoms. The summed E-state index contributed by atoms with van der Waals surface area (Å²) in [6.07, 6.45) is 10.7. The zero-order valence-electron chi connectivity index (χ0n) is 14.6. The lowest BCUT2D eigenvalue weighted by Gasteiger charge is -2.60. The van der Waals surface area contributed by atoms with Crippen LogP contribution in [0.3, 0.4) is 0 Å². The van der Waals surface area contributed by atoms with Crippen molar-refractivity contribution in [3.63, 3.8) is 0 Å². The maximum Gasteiger partial charge on any atom is 0.0543 e. The largest absolute Gasteiger partial charge is 0.393 e. The number of azide groups is 1. The number of hydrogen-bond acceptors (Lipinski definition) is 2. The van der Waals surface area contributed by atoms with Gasteiger partial charge >= 0.3 is 0 Å². The summed E-state index contributed by atoms with van der Waals surface area (Å²) in [4.78, 5) is 3.14. The molecule has 0 saturated heterocycles. The van der Waals surface area contributed by atoms with Crippen LogP contribution in [0.4, 0.5) is 0 Å². The van der Waals surface area contributed by atoms with Gasteiger partial charge < -0.3 is 5.11 Å². The maximum atomic E-state index is 10.1. The van der Waals surface area contributed by atoms with Gasteiger partial charge in [-0.05, 0) is 97.8 Å². The summed E-state index contributed by atoms with van der Waals surface area (Å²) in [6, 6.07) is 0.220. The Hall–Kier alpha value is -0.730. The summed E-state index contributed by atoms with van der Waals surface area (Å²) in [7, 11) is 0. The van der Waals surface area contributed by atoms with Crippen LogP contribution in [0.2, 0.25) is 0 Å². The second-order valence-electron chi connectivity index (χ2n) is 9.43. The Kier molecular flexibility index (Phi) is 3.70. The quantitative estimate of drug-likeness (QED) is 0.409. The van der Waals surface area contributed by atoms with Gasteiger partial charge in [0, 0.05) is 11.0 Å². The molecule has 1 N–H and O–H groups in total. The molecule has 4 aliphatic rings. The van der Waals surface area contributed by atoms with E-state index in [0.29, 0.717) is 5.41 Å². The van der Waals surface area contributed by atoms with Gasteiger partial charge in [-0.1, -0.05) is 19.0 Å². The molecule has 0 bridgehead atoms. The van der Waals surface area contributed by atoms with Gasteiger partial charge in [0.1, 0.15) is 0 Å². The second-order valence-corrected chi connectivity index (χ2v) is 9.43. The minimum absolute atomic E-state index is 0.0562. The Balaban J connectivity index is 1.61. The molecule has 4 rings (SSSR count). The first-order valence-electron chi connectivity index (χ1n) is 9.71. The van der Waals surface area contributed by atoms with Gasteiger partial charge in [0.25, 0.3) is 0 Å². The zero-order valence-corrected chi connectivity index (χ0v) is 14.6. The number of fused-ring (bicyclic) bond motifs is 5. The van der Waals surface area contributed by atoms with Crippen LogP contribution in [-0.2, 0) is 0 Å². The SMILES string of the molecule is C[C@]12CC[C@@H](O)C[C@H]1CC[C@@H]1[C@@H]2CC[C@]2(C)[C@H](N=[N+]=[N-])CC[C@@H]12. The van der Waals surface area contributed by atoms with Crippen LogP contribution in [0.5, 0.6) is 0 Å². The van der Waals surface area contributed by atoms with Crippen LogP contribution in [0.1, 0.15) is 71.6 Å². The number of rotatable bonds is 1. The molecule has 4 heteroatoms. The molecule has 0 heterocycles. The fraction of sp³-hybridized carbons (Fsp3) is 1.00. The molecule has 128 valence electrons. The summed E-state index contributed by atoms with van der Waals surface area (Å²) in [6.45, 7) is 4.93. The van der Waals surface area contributed by atoms with E-state index in [9.17, 15) is 5.11 Å². The first kappa shape index (κ1) is 15.8. The Morgan fingerprint density at radius 2 is 1.70 bits per heavy atom. The molecular formula is C19H31N3O. The van der Waals surface area contributed by atoms with Crippen molar-refractivity contribution in [1.82, 2.24) is 0 Å². The van der Waals surface area contributed by atoms with Gasteiger partial charge in [-0.3, -0.25) is 0 Å². The molecular weight excluding hydrogens is 286 g/mol. The molecule has 0 aliphatic heterocycles. The molecule has 0 aromatic carbocycles. The Morgan fingerprint density at radius 3 is 2.48 bits per heavy atom. The fourth-order valence-electron chi connectivity index (χ4n) is 7.46. The molecule has 4 aliphatic carbocycles. The topological polar surface area (TPSA) is 69.0 Å². The average Bonchev–Trinajstić information content (AvgIpc) is 2.85. The summed E-state index contributed by atoms with van der Waals surface area (Å²) in [5.41, 5.74) is 9.60. The summed E-state index contributed by atoms with van der Waals surface area (Å²) in [5.74, 6) is 3.13. The lowest BCUT2D eigenvalue weighted by molar-refractivity contribution is -0.122. The second kappa shape index (κ2) is 5.39. The van der Waals surface area contributed by atoms with E-state index in [0.717, 1.165) is 42.9 Å². The van der Waals surface area contributed by atoms with Crippen molar-refractivity contribution in [3.05, 3.63) is 10.4 Å². The highest BCUT2D eigenvalue weighted by Crippen LogP contribution is 2.66. The minimum Gasteiger partial charge on any atom is -0.393 e. The van der Waals surface area contributed by atoms with E-state index >= 15 is 0 Å². The van der Waals surface area contributed by atoms with Crippen molar-refractivity contribution in [1.29, 1.82) is 0 Å². The first-order valence-corrected chi connectivity index (χ1v) is 9.71. The average molecular weight is 317 g/mol. The molecule has 0 aromatic rings. The van der Waals surface area contributed by atoms with Crippen molar-refractivity contribution in [2.24, 2.45) is 39.6 Å². The molecule has 0 radical (unpaired) electrons. The molecule has 0 unspecified atom stereocenters. The standard InChI is InChI=1S/C19H31N3O/c1-18-9-7-13(23)11-12(18)3-4-14-15-5-6-17(21-22-20)19(15,2)10-8-16(14)18/h12-17,23H,3-11H2,1-2H3/t12-,13-,14+,15+,16+,17-,18+,19+/m1/s1. The van der Waals surface area contributed by atoms with E-state index in [1.165, 1.54) is 38.5 Å². The summed E-state index contributed by atoms with van der Waals surface area (Å²) in [5, 5.41) is 14.3. The minimum atomic E-state index is -0.0562. The maximum absolute atomic E-state index is 10.1. The molecule has 4 fully saturated rings. The molecule has 4 saturated carbocycles. The molecule has 0 aromatic heterocycles. The zero-order chi connectivity index (χ0) is 16.2. The number of hydrogen-bond donors (Lipinski definition) is 1. The van der Waals surface area contributed by atoms with Crippen LogP contribution >= 0.6 is 0 Å². The normalized spacial score (nSPS) is 55.3. The van der Waals surface area contributed by atoms with Crippen LogP contribution in [-0.4, -0.2) is 17.3 Å². The smallest absolute Gasteiger partial charge is 0.0543 e. The summed E-state index contributed by atoms with van der Waals surface area (Å²) < 4.78 is 0. The van der Waals surface area contributed by atoms with Gasteiger partial charge in [-0.25, -0.2) is 0 Å². The highest BCUT2D eigenvalue weighted by molar-refractivity contribution is 5.10. The lowest BCUT2D eigenvalue weighted by Crippen LogP contribution is -2.54. The van der Waals surface area contributed by atoms with Crippen molar-refractivity contribution < 1.29 is 5.11 Å². The highest BCUT2D eigenvalue weighted by atomic mass is 16.3. The third kappa shape index (κ3) is 2.17. The van der Waals surface area contributed by atoms with Crippen molar-refractivity contribution in [2.45, 2.75) is 83.8 Å². The van der Waals surface area contributed by atoms with E-state index < -0.39 is 0 Å². The van der Waals surface area contributed by atoms with Crippen molar-refractivity contribution in [3.8, 4) is 0 Å². The van der Waals surface area contributed by atoms with E-state index in [2.05, 4.69) is 23.9 Å². The van der Waals surface area contributed by atoms with E-state index in [-0.39, 0.29) is 17.6 Å². The van der Waals surface area contributed by atoms with E-state index in [4.69, 9.17) is 5.53 Å². The van der Waals surface area contributed by atoms with Gasteiger partial charge in [0.15, 0.2) is 0 Å². The predicted octanol–water partition coefficient (Wildman–Crippen LogP) is 5.07. The van der Waals surface area contributed by atoms with Gasteiger partial charge in [-0.15, -0.1) is 0 Å². The molecule has 4 nitrogen and oxygen atoms in total. The number of aliphatic hydroxyl groups is 1. The van der Waals surface area contributed by atoms with Crippen LogP contribution in [0.15, 0.2) is 5.11 Å². The lowest BCUT2D eigenvalue weighted by atomic mass is 9.45. The van der Waals surface area contributed by atoms with Gasteiger partial charge in [-0.2, -0.15) is 0 Å². The van der Waals surface area contributed by atoms with Gasteiger partial charge in [0.05, 0.1) is 6.10 Å². The van der Waals surface area contributed by atoms with Crippen molar-refractivity contribution >= 4 is 0 Å². The van der Waals surface area contributed by atoms with Crippen molar-refractivity contribution in [2.75, 3.05) is 0 Å². The third-order valence-corrected chi connectivity index (χ3v) is 8.78. The Bertz CT molecular complexity index is 531. The molecule has 0 amide bonds. The van der Waals surface area contributed by atoms with Gasteiger partial charge in [0.2, 0.25) is 0 Å². The van der Waals surface area contributed by atoms with Crippen LogP contribution < -0.4 is 0 Å². The monoisotopic (exact) mass is 317 g/mol. The fourth-order valence-corrected chi connectivity index (χ4v) is 7.46. The number of nitrogens with zero attached hydrogens (tertiary/aromatic N) is 3. The Morgan fingerprint density at radius 1 is 0.957 bits per heavy atom. The van der Waals surface area contributed by atoms with Crippen LogP contribution in [0.25, 0.3) is 10.4 Å². The predicted molar refractivity (Wildman–Crippen MR) is 90.7 cm³/mol. The Labute approximate surface area is 139 Å². The molecule has 0 spiro atoms. The van der Waals surface area contributed by atoms with E-state index in [1.54, 1.807) is 0 Å². The molecule has 8 atom stereocenters. The number of aliphatic hydroxyl groups excluding tert-OH is 1. The first-order chi connectivity index (χ1) is 11.0.